The Morgan fingerprint density at radius 3 is 2.52 bits per heavy atom. The van der Waals surface area contributed by atoms with Gasteiger partial charge in [0.05, 0.1) is 6.33 Å². The van der Waals surface area contributed by atoms with Gasteiger partial charge in [0.15, 0.2) is 23.5 Å². The first-order chi connectivity index (χ1) is 11.7. The maximum Gasteiger partial charge on any atom is 0.332 e. The summed E-state index contributed by atoms with van der Waals surface area (Å²) in [5, 5.41) is 30.0. The first-order valence-corrected chi connectivity index (χ1v) is 7.28. The van der Waals surface area contributed by atoms with Crippen molar-refractivity contribution in [2.75, 3.05) is 0 Å². The van der Waals surface area contributed by atoms with Crippen LogP contribution in [-0.2, 0) is 23.6 Å². The number of nitrogens with zero attached hydrogens (tertiary/aromatic N) is 4. The Morgan fingerprint density at radius 2 is 1.92 bits per heavy atom. The van der Waals surface area contributed by atoms with Crippen molar-refractivity contribution in [2.24, 2.45) is 19.8 Å². The number of aliphatic hydroxyl groups is 3. The molecule has 0 bridgehead atoms. The minimum absolute atomic E-state index is 0.0462. The number of carbonyl (C=O) groups excluding carboxylic acids is 1. The molecule has 1 amide bonds. The Balaban J connectivity index is 2.13. The molecular formula is C13H17N5O7. The monoisotopic (exact) mass is 355 g/mol. The molecule has 136 valence electrons. The number of fused-ring (bicyclic) bond motifs is 1. The summed E-state index contributed by atoms with van der Waals surface area (Å²) in [4.78, 5) is 39.4. The summed E-state index contributed by atoms with van der Waals surface area (Å²) in [6.07, 6.45) is -6.68. The molecule has 1 saturated heterocycles. The minimum atomic E-state index is -1.85. The third-order valence-electron chi connectivity index (χ3n) is 4.33. The number of hydrogen-bond acceptors (Lipinski definition) is 8. The Hall–Kier alpha value is -2.54. The quantitative estimate of drug-likeness (QED) is 0.429. The Kier molecular flexibility index (Phi) is 3.99. The molecule has 12 heteroatoms. The normalized spacial score (nSPS) is 27.7. The number of aliphatic hydroxyl groups excluding tert-OH is 3. The van der Waals surface area contributed by atoms with Gasteiger partial charge in [-0.05, 0) is 0 Å². The first kappa shape index (κ1) is 17.3. The molecule has 5 N–H and O–H groups in total. The molecule has 0 unspecified atom stereocenters. The van der Waals surface area contributed by atoms with Gasteiger partial charge in [0, 0.05) is 14.1 Å². The highest BCUT2D eigenvalue weighted by atomic mass is 16.6. The second-order valence-electron chi connectivity index (χ2n) is 5.85. The number of nitrogens with two attached hydrogens (primary N) is 1. The topological polar surface area (TPSA) is 175 Å². The third kappa shape index (κ3) is 2.38. The summed E-state index contributed by atoms with van der Waals surface area (Å²) in [6, 6.07) is 0. The van der Waals surface area contributed by atoms with E-state index in [1.165, 1.54) is 14.1 Å². The number of aryl methyl sites for hydroxylation is 1. The molecular weight excluding hydrogens is 338 g/mol. The van der Waals surface area contributed by atoms with Crippen LogP contribution in [0.1, 0.15) is 6.23 Å². The zero-order valence-corrected chi connectivity index (χ0v) is 13.3. The molecule has 1 aliphatic heterocycles. The van der Waals surface area contributed by atoms with E-state index in [1.807, 2.05) is 0 Å². The van der Waals surface area contributed by atoms with Gasteiger partial charge in [-0.2, -0.15) is 0 Å². The van der Waals surface area contributed by atoms with E-state index >= 15 is 0 Å². The average molecular weight is 355 g/mol. The number of imidazole rings is 1. The predicted octanol–water partition coefficient (Wildman–Crippen LogP) is -4.10. The zero-order valence-electron chi connectivity index (χ0n) is 13.3. The van der Waals surface area contributed by atoms with Crippen LogP contribution in [0.25, 0.3) is 11.2 Å². The van der Waals surface area contributed by atoms with Crippen LogP contribution in [-0.4, -0.2) is 64.3 Å². The summed E-state index contributed by atoms with van der Waals surface area (Å²) in [7, 11) is 2.70. The van der Waals surface area contributed by atoms with Crippen LogP contribution in [0.3, 0.4) is 0 Å². The maximum atomic E-state index is 12.4. The van der Waals surface area contributed by atoms with Crippen LogP contribution in [0, 0.1) is 0 Å². The summed E-state index contributed by atoms with van der Waals surface area (Å²) in [5.41, 5.74) is 3.73. The number of primary amides is 1. The van der Waals surface area contributed by atoms with Gasteiger partial charge in [-0.3, -0.25) is 23.3 Å². The summed E-state index contributed by atoms with van der Waals surface area (Å²) >= 11 is 0. The average Bonchev–Trinajstić information content (AvgIpc) is 3.13. The Morgan fingerprint density at radius 1 is 1.28 bits per heavy atom. The van der Waals surface area contributed by atoms with Gasteiger partial charge in [0.1, 0.15) is 18.3 Å². The highest BCUT2D eigenvalue weighted by Crippen LogP contribution is 2.32. The molecule has 0 spiro atoms. The molecule has 2 aromatic rings. The number of rotatable bonds is 3. The van der Waals surface area contributed by atoms with Crippen LogP contribution >= 0.6 is 0 Å². The van der Waals surface area contributed by atoms with E-state index in [0.29, 0.717) is 0 Å². The lowest BCUT2D eigenvalue weighted by atomic mass is 10.1. The molecule has 2 aromatic heterocycles. The number of ether oxygens (including phenoxy) is 1. The van der Waals surface area contributed by atoms with Crippen LogP contribution in [0.15, 0.2) is 15.9 Å². The first-order valence-electron chi connectivity index (χ1n) is 7.28. The Bertz CT molecular complexity index is 960. The molecule has 25 heavy (non-hydrogen) atoms. The van der Waals surface area contributed by atoms with E-state index in [1.54, 1.807) is 0 Å². The van der Waals surface area contributed by atoms with E-state index in [0.717, 1.165) is 20.0 Å². The maximum absolute atomic E-state index is 12.4. The summed E-state index contributed by atoms with van der Waals surface area (Å²) in [6.45, 7) is 0. The number of hydrogen-bond donors (Lipinski definition) is 4. The van der Waals surface area contributed by atoms with Crippen LogP contribution in [0.5, 0.6) is 0 Å². The standard InChI is InChI=1S/C13H17N5O7/c1-16-10-4(11(23)17(2)13(16)24)18(3-15-10)12-6(20)5(19)8(25-12)7(21)9(14)22/h3,5-8,12,19-21H,1-2H3,(H2,14,22)/t5-,6-,7-,8+,12+/m0/s1. The van der Waals surface area contributed by atoms with Crippen molar-refractivity contribution >= 4 is 17.1 Å². The lowest BCUT2D eigenvalue weighted by Gasteiger charge is -2.18. The fraction of sp³-hybridized carbons (Fsp3) is 0.538. The van der Waals surface area contributed by atoms with Crippen molar-refractivity contribution in [1.82, 2.24) is 18.7 Å². The highest BCUT2D eigenvalue weighted by molar-refractivity contribution is 5.79. The van der Waals surface area contributed by atoms with E-state index in [9.17, 15) is 29.7 Å². The molecule has 0 saturated carbocycles. The molecule has 0 aromatic carbocycles. The molecule has 3 rings (SSSR count). The largest absolute Gasteiger partial charge is 0.387 e. The fourth-order valence-electron chi connectivity index (χ4n) is 2.90. The van der Waals surface area contributed by atoms with Crippen molar-refractivity contribution in [3.8, 4) is 0 Å². The molecule has 3 heterocycles. The summed E-state index contributed by atoms with van der Waals surface area (Å²) in [5.74, 6) is -1.13. The van der Waals surface area contributed by atoms with Gasteiger partial charge >= 0.3 is 5.69 Å². The zero-order chi connectivity index (χ0) is 18.6. The van der Waals surface area contributed by atoms with Gasteiger partial charge in [-0.1, -0.05) is 0 Å². The van der Waals surface area contributed by atoms with Gasteiger partial charge in [0.25, 0.3) is 5.56 Å². The third-order valence-corrected chi connectivity index (χ3v) is 4.33. The summed E-state index contributed by atoms with van der Waals surface area (Å²) < 4.78 is 8.50. The highest BCUT2D eigenvalue weighted by Gasteiger charge is 2.48. The predicted molar refractivity (Wildman–Crippen MR) is 81.3 cm³/mol. The second kappa shape index (κ2) is 5.77. The van der Waals surface area contributed by atoms with Crippen molar-refractivity contribution in [2.45, 2.75) is 30.6 Å². The van der Waals surface area contributed by atoms with Crippen LogP contribution < -0.4 is 17.0 Å². The number of carbonyl (C=O) groups is 1. The van der Waals surface area contributed by atoms with Gasteiger partial charge < -0.3 is 25.8 Å². The van der Waals surface area contributed by atoms with Crippen molar-refractivity contribution < 1.29 is 24.9 Å². The number of aromatic nitrogens is 4. The van der Waals surface area contributed by atoms with E-state index in [-0.39, 0.29) is 11.2 Å². The molecule has 1 fully saturated rings. The van der Waals surface area contributed by atoms with E-state index in [2.05, 4.69) is 4.98 Å². The minimum Gasteiger partial charge on any atom is -0.387 e. The van der Waals surface area contributed by atoms with Crippen LogP contribution in [0.4, 0.5) is 0 Å². The van der Waals surface area contributed by atoms with E-state index < -0.39 is 47.8 Å². The lowest BCUT2D eigenvalue weighted by Crippen LogP contribution is -2.45. The number of amides is 1. The molecule has 5 atom stereocenters. The smallest absolute Gasteiger partial charge is 0.332 e. The van der Waals surface area contributed by atoms with Crippen LogP contribution in [0.2, 0.25) is 0 Å². The van der Waals surface area contributed by atoms with Gasteiger partial charge in [0.2, 0.25) is 5.91 Å². The Labute approximate surface area is 139 Å². The SMILES string of the molecule is Cn1c(=O)c2c(ncn2[C@@H]2O[C@@H]([C@H](O)C(N)=O)[C@@H](O)[C@@H]2O)n(C)c1=O. The van der Waals surface area contributed by atoms with Gasteiger partial charge in [-0.15, -0.1) is 0 Å². The lowest BCUT2D eigenvalue weighted by molar-refractivity contribution is -0.140. The van der Waals surface area contributed by atoms with Crippen molar-refractivity contribution in [3.63, 3.8) is 0 Å². The molecule has 12 nitrogen and oxygen atoms in total. The molecule has 0 aliphatic carbocycles. The fourth-order valence-corrected chi connectivity index (χ4v) is 2.90. The molecule has 1 aliphatic rings. The van der Waals surface area contributed by atoms with Crippen molar-refractivity contribution in [3.05, 3.63) is 27.2 Å². The van der Waals surface area contributed by atoms with Gasteiger partial charge in [-0.25, -0.2) is 9.78 Å². The second-order valence-corrected chi connectivity index (χ2v) is 5.85. The molecule has 0 radical (unpaired) electrons. The van der Waals surface area contributed by atoms with Crippen molar-refractivity contribution in [1.29, 1.82) is 0 Å². The van der Waals surface area contributed by atoms with E-state index in [4.69, 9.17) is 10.5 Å².